The number of aliphatic hydroxyl groups is 2. The molecule has 0 fully saturated rings. The highest BCUT2D eigenvalue weighted by Crippen LogP contribution is 1.92. The number of carboxylic acid groups (broad SMARTS) is 2. The minimum Gasteiger partial charge on any atom is -0.479 e. The van der Waals surface area contributed by atoms with Crippen LogP contribution in [-0.4, -0.2) is 67.4 Å². The van der Waals surface area contributed by atoms with Crippen molar-refractivity contribution in [2.75, 3.05) is 0 Å². The van der Waals surface area contributed by atoms with Crippen LogP contribution in [0, 0.1) is 0 Å². The summed E-state index contributed by atoms with van der Waals surface area (Å²) in [4.78, 5) is 19.5. The topological polar surface area (TPSA) is 147 Å². The summed E-state index contributed by atoms with van der Waals surface area (Å²) in [5, 5.41) is 32.5. The number of aliphatic carboxylic acids is 2. The lowest BCUT2D eigenvalue weighted by Crippen LogP contribution is -2.39. The van der Waals surface area contributed by atoms with E-state index in [2.05, 4.69) is 0 Å². The molecule has 0 aromatic heterocycles. The smallest absolute Gasteiger partial charge is 0.335 e. The standard InChI is InChI=1S/C4H6O6.Al.H2O.3H/c5-1(3(7)8)2(6)4(9)10;;;;;/h1-2,5-6H,(H,7,8)(H,9,10);;1H2;;;. The van der Waals surface area contributed by atoms with Gasteiger partial charge in [-0.3, -0.25) is 0 Å². The third-order valence-electron chi connectivity index (χ3n) is 0.805. The third kappa shape index (κ3) is 5.06. The molecule has 0 radical (unpaired) electrons. The second-order valence-electron chi connectivity index (χ2n) is 1.57. The predicted octanol–water partition coefficient (Wildman–Crippen LogP) is -4.13. The lowest BCUT2D eigenvalue weighted by atomic mass is 10.2. The fourth-order valence-electron chi connectivity index (χ4n) is 0.270. The molecule has 12 heavy (non-hydrogen) atoms. The molecule has 0 saturated heterocycles. The number of rotatable bonds is 3. The molecule has 0 aromatic rings. The van der Waals surface area contributed by atoms with Crippen LogP contribution in [-0.2, 0) is 9.59 Å². The minimum atomic E-state index is -2.27. The van der Waals surface area contributed by atoms with Gasteiger partial charge >= 0.3 is 11.9 Å². The molecule has 0 aliphatic rings. The average molecular weight is 198 g/mol. The first-order chi connectivity index (χ1) is 4.46. The van der Waals surface area contributed by atoms with Crippen molar-refractivity contribution in [3.63, 3.8) is 0 Å². The summed E-state index contributed by atoms with van der Waals surface area (Å²) in [6, 6.07) is 0. The van der Waals surface area contributed by atoms with Crippen molar-refractivity contribution in [2.24, 2.45) is 0 Å². The van der Waals surface area contributed by atoms with Crippen LogP contribution in [0.15, 0.2) is 0 Å². The van der Waals surface area contributed by atoms with E-state index in [0.29, 0.717) is 0 Å². The lowest BCUT2D eigenvalue weighted by Gasteiger charge is -2.07. The van der Waals surface area contributed by atoms with Crippen LogP contribution in [0.1, 0.15) is 0 Å². The summed E-state index contributed by atoms with van der Waals surface area (Å²) in [5.74, 6) is -3.54. The highest BCUT2D eigenvalue weighted by Gasteiger charge is 2.29. The summed E-state index contributed by atoms with van der Waals surface area (Å²) in [7, 11) is 0. The van der Waals surface area contributed by atoms with Gasteiger partial charge in [0.2, 0.25) is 0 Å². The zero-order chi connectivity index (χ0) is 8.31. The lowest BCUT2D eigenvalue weighted by molar-refractivity contribution is -0.165. The van der Waals surface area contributed by atoms with Crippen molar-refractivity contribution in [1.82, 2.24) is 0 Å². The van der Waals surface area contributed by atoms with Crippen molar-refractivity contribution in [3.8, 4) is 0 Å². The number of hydrogen-bond acceptors (Lipinski definition) is 4. The summed E-state index contributed by atoms with van der Waals surface area (Å²) in [5.41, 5.74) is 0. The van der Waals surface area contributed by atoms with Gasteiger partial charge in [0, 0.05) is 0 Å². The monoisotopic (exact) mass is 198 g/mol. The maximum atomic E-state index is 9.77. The Morgan fingerprint density at radius 3 is 1.17 bits per heavy atom. The van der Waals surface area contributed by atoms with E-state index in [9.17, 15) is 9.59 Å². The van der Waals surface area contributed by atoms with Gasteiger partial charge in [-0.25, -0.2) is 9.59 Å². The van der Waals surface area contributed by atoms with Gasteiger partial charge in [-0.2, -0.15) is 0 Å². The largest absolute Gasteiger partial charge is 0.479 e. The molecule has 0 spiro atoms. The fourth-order valence-corrected chi connectivity index (χ4v) is 0.270. The third-order valence-corrected chi connectivity index (χ3v) is 0.805. The van der Waals surface area contributed by atoms with E-state index in [1.54, 1.807) is 0 Å². The van der Waals surface area contributed by atoms with Crippen molar-refractivity contribution >= 4 is 29.3 Å². The minimum absolute atomic E-state index is 0. The molecule has 0 aliphatic heterocycles. The molecule has 6 N–H and O–H groups in total. The summed E-state index contributed by atoms with van der Waals surface area (Å²) >= 11 is 0. The first-order valence-corrected chi connectivity index (χ1v) is 2.28. The van der Waals surface area contributed by atoms with Gasteiger partial charge in [-0.15, -0.1) is 0 Å². The van der Waals surface area contributed by atoms with E-state index < -0.39 is 24.1 Å². The SMILES string of the molecule is O.O=C(O)C(O)C(O)C(=O)O.[AlH3]. The molecule has 0 aliphatic carbocycles. The van der Waals surface area contributed by atoms with Crippen LogP contribution < -0.4 is 0 Å². The predicted molar refractivity (Wildman–Crippen MR) is 40.8 cm³/mol. The number of hydrogen-bond donors (Lipinski definition) is 4. The van der Waals surface area contributed by atoms with E-state index in [0.717, 1.165) is 0 Å². The highest BCUT2D eigenvalue weighted by molar-refractivity contribution is 5.83. The molecule has 8 heteroatoms. The molecule has 2 atom stereocenters. The molecule has 2 unspecified atom stereocenters. The van der Waals surface area contributed by atoms with Crippen LogP contribution in [0.5, 0.6) is 0 Å². The van der Waals surface area contributed by atoms with Crippen molar-refractivity contribution < 1.29 is 35.5 Å². The van der Waals surface area contributed by atoms with Crippen molar-refractivity contribution in [3.05, 3.63) is 0 Å². The second kappa shape index (κ2) is 7.03. The Bertz CT molecular complexity index is 139. The Morgan fingerprint density at radius 2 is 1.08 bits per heavy atom. The van der Waals surface area contributed by atoms with Gasteiger partial charge in [0.25, 0.3) is 0 Å². The molecule has 0 amide bonds. The number of aliphatic hydroxyl groups excluding tert-OH is 2. The van der Waals surface area contributed by atoms with E-state index in [4.69, 9.17) is 20.4 Å². The molecule has 0 aromatic carbocycles. The zero-order valence-electron chi connectivity index (χ0n) is 5.26. The fraction of sp³-hybridized carbons (Fsp3) is 0.500. The molecular formula is C4H11AlO7. The van der Waals surface area contributed by atoms with Crippen molar-refractivity contribution in [1.29, 1.82) is 0 Å². The van der Waals surface area contributed by atoms with Gasteiger partial charge in [-0.05, 0) is 0 Å². The Balaban J connectivity index is -0.000000405. The number of carboxylic acids is 2. The van der Waals surface area contributed by atoms with Gasteiger partial charge in [0.1, 0.15) is 0 Å². The molecule has 0 rings (SSSR count). The first kappa shape index (κ1) is 17.4. The summed E-state index contributed by atoms with van der Waals surface area (Å²) < 4.78 is 0. The summed E-state index contributed by atoms with van der Waals surface area (Å²) in [6.07, 6.45) is -4.53. The van der Waals surface area contributed by atoms with Gasteiger partial charge in [0.05, 0.1) is 0 Å². The first-order valence-electron chi connectivity index (χ1n) is 2.28. The van der Waals surface area contributed by atoms with Crippen LogP contribution in [0.2, 0.25) is 0 Å². The molecule has 0 bridgehead atoms. The Kier molecular flexibility index (Phi) is 10.2. The van der Waals surface area contributed by atoms with Crippen LogP contribution in [0.3, 0.4) is 0 Å². The normalized spacial score (nSPS) is 13.2. The van der Waals surface area contributed by atoms with E-state index in [1.165, 1.54) is 0 Å². The highest BCUT2D eigenvalue weighted by atomic mass is 27.0. The van der Waals surface area contributed by atoms with E-state index >= 15 is 0 Å². The molecule has 7 nitrogen and oxygen atoms in total. The Morgan fingerprint density at radius 1 is 0.917 bits per heavy atom. The van der Waals surface area contributed by atoms with E-state index in [1.807, 2.05) is 0 Å². The molecule has 0 saturated carbocycles. The summed E-state index contributed by atoms with van der Waals surface area (Å²) in [6.45, 7) is 0. The average Bonchev–Trinajstić information content (AvgIpc) is 1.84. The second-order valence-corrected chi connectivity index (χ2v) is 1.57. The Labute approximate surface area is 77.7 Å². The van der Waals surface area contributed by atoms with Gasteiger partial charge in [0.15, 0.2) is 29.6 Å². The number of carbonyl (C=O) groups is 2. The van der Waals surface area contributed by atoms with Crippen LogP contribution in [0.4, 0.5) is 0 Å². The van der Waals surface area contributed by atoms with Crippen molar-refractivity contribution in [2.45, 2.75) is 12.2 Å². The molecule has 0 heterocycles. The van der Waals surface area contributed by atoms with Gasteiger partial charge in [-0.1, -0.05) is 0 Å². The molecule has 72 valence electrons. The van der Waals surface area contributed by atoms with Crippen LogP contribution >= 0.6 is 0 Å². The maximum Gasteiger partial charge on any atom is 0.335 e. The zero-order valence-corrected chi connectivity index (χ0v) is 5.26. The quantitative estimate of drug-likeness (QED) is 0.338. The maximum absolute atomic E-state index is 9.77. The van der Waals surface area contributed by atoms with Gasteiger partial charge < -0.3 is 25.9 Å². The Hall–Kier alpha value is -0.648. The molecular weight excluding hydrogens is 187 g/mol. The van der Waals surface area contributed by atoms with Crippen LogP contribution in [0.25, 0.3) is 0 Å². The van der Waals surface area contributed by atoms with E-state index in [-0.39, 0.29) is 22.8 Å².